The Morgan fingerprint density at radius 2 is 1.91 bits per heavy atom. The fraction of sp³-hybridized carbons (Fsp3) is 0.588. The third-order valence-corrected chi connectivity index (χ3v) is 4.67. The zero-order chi connectivity index (χ0) is 15.9. The number of aryl methyl sites for hydroxylation is 1. The minimum atomic E-state index is -0.689. The summed E-state index contributed by atoms with van der Waals surface area (Å²) < 4.78 is 0. The van der Waals surface area contributed by atoms with Crippen molar-refractivity contribution in [3.63, 3.8) is 0 Å². The number of piperazine rings is 1. The molecule has 1 saturated heterocycles. The third-order valence-electron chi connectivity index (χ3n) is 4.26. The largest absolute Gasteiger partial charge is 0.481 e. The summed E-state index contributed by atoms with van der Waals surface area (Å²) in [6.07, 6.45) is 3.17. The molecular weight excluding hydrogens is 300 g/mol. The normalized spacial score (nSPS) is 16.0. The number of aliphatic carboxylic acids is 1. The minimum absolute atomic E-state index is 0.294. The number of benzene rings is 1. The summed E-state index contributed by atoms with van der Waals surface area (Å²) in [5.74, 6) is -0.689. The van der Waals surface area contributed by atoms with E-state index in [-0.39, 0.29) is 0 Å². The number of unbranched alkanes of at least 4 members (excludes halogenated alkanes) is 2. The highest BCUT2D eigenvalue weighted by atomic mass is 35.5. The first kappa shape index (κ1) is 17.1. The predicted octanol–water partition coefficient (Wildman–Crippen LogP) is 3.42. The van der Waals surface area contributed by atoms with Gasteiger partial charge in [0.25, 0.3) is 0 Å². The number of carbonyl (C=O) groups is 1. The van der Waals surface area contributed by atoms with E-state index in [1.54, 1.807) is 0 Å². The van der Waals surface area contributed by atoms with E-state index in [0.717, 1.165) is 62.6 Å². The van der Waals surface area contributed by atoms with Crippen LogP contribution in [0.25, 0.3) is 0 Å². The summed E-state index contributed by atoms with van der Waals surface area (Å²) in [7, 11) is 0. The Kier molecular flexibility index (Phi) is 6.52. The quantitative estimate of drug-likeness (QED) is 0.781. The van der Waals surface area contributed by atoms with Gasteiger partial charge in [-0.2, -0.15) is 0 Å². The standard InChI is InChI=1S/C17H25ClN2O2/c1-14-6-7-15(13-16(14)18)20-11-9-19(10-12-20)8-4-2-3-5-17(21)22/h6-7,13H,2-5,8-12H2,1H3,(H,21,22). The van der Waals surface area contributed by atoms with Crippen LogP contribution in [0.15, 0.2) is 18.2 Å². The molecule has 0 saturated carbocycles. The van der Waals surface area contributed by atoms with Crippen molar-refractivity contribution in [2.24, 2.45) is 0 Å². The van der Waals surface area contributed by atoms with Crippen molar-refractivity contribution >= 4 is 23.3 Å². The van der Waals surface area contributed by atoms with Gasteiger partial charge in [-0.05, 0) is 44.0 Å². The van der Waals surface area contributed by atoms with Gasteiger partial charge < -0.3 is 10.0 Å². The lowest BCUT2D eigenvalue weighted by atomic mass is 10.1. The smallest absolute Gasteiger partial charge is 0.303 e. The molecule has 1 heterocycles. The van der Waals surface area contributed by atoms with Crippen LogP contribution in [0.2, 0.25) is 5.02 Å². The van der Waals surface area contributed by atoms with E-state index in [0.29, 0.717) is 6.42 Å². The van der Waals surface area contributed by atoms with Crippen LogP contribution >= 0.6 is 11.6 Å². The Balaban J connectivity index is 1.69. The highest BCUT2D eigenvalue weighted by Crippen LogP contribution is 2.24. The molecule has 4 nitrogen and oxygen atoms in total. The van der Waals surface area contributed by atoms with E-state index < -0.39 is 5.97 Å². The van der Waals surface area contributed by atoms with Crippen LogP contribution in [-0.2, 0) is 4.79 Å². The number of rotatable bonds is 7. The zero-order valence-corrected chi connectivity index (χ0v) is 14.0. The van der Waals surface area contributed by atoms with Crippen LogP contribution in [0.4, 0.5) is 5.69 Å². The molecule has 0 aromatic heterocycles. The van der Waals surface area contributed by atoms with E-state index in [2.05, 4.69) is 28.0 Å². The van der Waals surface area contributed by atoms with E-state index >= 15 is 0 Å². The maximum atomic E-state index is 10.5. The Bertz CT molecular complexity index is 499. The molecule has 0 amide bonds. The highest BCUT2D eigenvalue weighted by molar-refractivity contribution is 6.31. The summed E-state index contributed by atoms with van der Waals surface area (Å²) in [6, 6.07) is 6.27. The van der Waals surface area contributed by atoms with Gasteiger partial charge >= 0.3 is 5.97 Å². The molecule has 0 unspecified atom stereocenters. The van der Waals surface area contributed by atoms with Gasteiger partial charge in [0.2, 0.25) is 0 Å². The number of anilines is 1. The summed E-state index contributed by atoms with van der Waals surface area (Å²) in [5.41, 5.74) is 2.32. The molecule has 1 fully saturated rings. The molecule has 2 rings (SSSR count). The van der Waals surface area contributed by atoms with Crippen molar-refractivity contribution < 1.29 is 9.90 Å². The van der Waals surface area contributed by atoms with Crippen LogP contribution in [-0.4, -0.2) is 48.7 Å². The summed E-state index contributed by atoms with van der Waals surface area (Å²) in [5, 5.41) is 9.44. The van der Waals surface area contributed by atoms with Crippen molar-refractivity contribution in [2.75, 3.05) is 37.6 Å². The average Bonchev–Trinajstić information content (AvgIpc) is 2.50. The summed E-state index contributed by atoms with van der Waals surface area (Å²) in [6.45, 7) is 7.26. The van der Waals surface area contributed by atoms with Crippen LogP contribution in [0.1, 0.15) is 31.2 Å². The second-order valence-corrected chi connectivity index (χ2v) is 6.37. The lowest BCUT2D eigenvalue weighted by Gasteiger charge is -2.36. The molecule has 0 atom stereocenters. The first-order valence-corrected chi connectivity index (χ1v) is 8.39. The Morgan fingerprint density at radius 3 is 2.55 bits per heavy atom. The SMILES string of the molecule is Cc1ccc(N2CCN(CCCCCC(=O)O)CC2)cc1Cl. The van der Waals surface area contributed by atoms with Gasteiger partial charge in [0, 0.05) is 43.3 Å². The monoisotopic (exact) mass is 324 g/mol. The molecule has 0 aliphatic carbocycles. The maximum absolute atomic E-state index is 10.5. The number of carboxylic acids is 1. The van der Waals surface area contributed by atoms with Crippen molar-refractivity contribution in [1.29, 1.82) is 0 Å². The molecule has 5 heteroatoms. The van der Waals surface area contributed by atoms with Crippen LogP contribution < -0.4 is 4.90 Å². The Hall–Kier alpha value is -1.26. The van der Waals surface area contributed by atoms with Gasteiger partial charge in [0.1, 0.15) is 0 Å². The molecule has 0 bridgehead atoms. The second kappa shape index (κ2) is 8.39. The van der Waals surface area contributed by atoms with Crippen molar-refractivity contribution in [1.82, 2.24) is 4.90 Å². The molecule has 1 N–H and O–H groups in total. The van der Waals surface area contributed by atoms with Crippen LogP contribution in [0.5, 0.6) is 0 Å². The van der Waals surface area contributed by atoms with E-state index in [1.165, 1.54) is 5.69 Å². The van der Waals surface area contributed by atoms with Crippen molar-refractivity contribution in [3.05, 3.63) is 28.8 Å². The average molecular weight is 325 g/mol. The summed E-state index contributed by atoms with van der Waals surface area (Å²) >= 11 is 6.20. The topological polar surface area (TPSA) is 43.8 Å². The molecule has 122 valence electrons. The van der Waals surface area contributed by atoms with Crippen LogP contribution in [0.3, 0.4) is 0 Å². The van der Waals surface area contributed by atoms with Gasteiger partial charge in [0.15, 0.2) is 0 Å². The number of hydrogen-bond donors (Lipinski definition) is 1. The molecule has 0 radical (unpaired) electrons. The van der Waals surface area contributed by atoms with Gasteiger partial charge in [-0.3, -0.25) is 9.69 Å². The molecule has 1 aliphatic rings. The molecule has 22 heavy (non-hydrogen) atoms. The van der Waals surface area contributed by atoms with Gasteiger partial charge in [-0.15, -0.1) is 0 Å². The molecule has 1 aromatic carbocycles. The van der Waals surface area contributed by atoms with E-state index in [4.69, 9.17) is 16.7 Å². The number of nitrogens with zero attached hydrogens (tertiary/aromatic N) is 2. The third kappa shape index (κ3) is 5.18. The van der Waals surface area contributed by atoms with Crippen LogP contribution in [0, 0.1) is 6.92 Å². The molecule has 0 spiro atoms. The maximum Gasteiger partial charge on any atom is 0.303 e. The lowest BCUT2D eigenvalue weighted by molar-refractivity contribution is -0.137. The number of carboxylic acid groups (broad SMARTS) is 1. The molecule has 1 aliphatic heterocycles. The van der Waals surface area contributed by atoms with Gasteiger partial charge in [-0.25, -0.2) is 0 Å². The number of halogens is 1. The first-order valence-electron chi connectivity index (χ1n) is 8.01. The minimum Gasteiger partial charge on any atom is -0.481 e. The zero-order valence-electron chi connectivity index (χ0n) is 13.2. The van der Waals surface area contributed by atoms with E-state index in [9.17, 15) is 4.79 Å². The fourth-order valence-corrected chi connectivity index (χ4v) is 2.97. The number of hydrogen-bond acceptors (Lipinski definition) is 3. The van der Waals surface area contributed by atoms with Crippen molar-refractivity contribution in [2.45, 2.75) is 32.6 Å². The lowest BCUT2D eigenvalue weighted by Crippen LogP contribution is -2.46. The summed E-state index contributed by atoms with van der Waals surface area (Å²) in [4.78, 5) is 15.3. The highest BCUT2D eigenvalue weighted by Gasteiger charge is 2.17. The second-order valence-electron chi connectivity index (χ2n) is 5.97. The predicted molar refractivity (Wildman–Crippen MR) is 90.9 cm³/mol. The fourth-order valence-electron chi connectivity index (χ4n) is 2.80. The molecule has 1 aromatic rings. The van der Waals surface area contributed by atoms with Gasteiger partial charge in [-0.1, -0.05) is 24.1 Å². The van der Waals surface area contributed by atoms with E-state index in [1.807, 2.05) is 6.92 Å². The Morgan fingerprint density at radius 1 is 1.18 bits per heavy atom. The molecular formula is C17H25ClN2O2. The van der Waals surface area contributed by atoms with Crippen molar-refractivity contribution in [3.8, 4) is 0 Å². The first-order chi connectivity index (χ1) is 10.6. The Labute approximate surface area is 137 Å². The van der Waals surface area contributed by atoms with Gasteiger partial charge in [0.05, 0.1) is 0 Å².